The van der Waals surface area contributed by atoms with Gasteiger partial charge in [0.2, 0.25) is 11.8 Å². The summed E-state index contributed by atoms with van der Waals surface area (Å²) in [5.41, 5.74) is 11.3. The summed E-state index contributed by atoms with van der Waals surface area (Å²) in [7, 11) is 2.64. The molecule has 4 N–H and O–H groups in total. The zero-order chi connectivity index (χ0) is 54.3. The van der Waals surface area contributed by atoms with Gasteiger partial charge in [0.25, 0.3) is 0 Å². The fourth-order valence-electron chi connectivity index (χ4n) is 11.4. The van der Waals surface area contributed by atoms with Gasteiger partial charge in [0.1, 0.15) is 23.7 Å². The topological polar surface area (TPSA) is 175 Å². The third kappa shape index (κ3) is 12.9. The van der Waals surface area contributed by atoms with E-state index in [4.69, 9.17) is 19.4 Å². The number of nitrogens with zero attached hydrogens (tertiary/aromatic N) is 4. The number of thioether (sulfide) groups is 2. The quantitative estimate of drug-likeness (QED) is 0.0796. The molecule has 4 heterocycles. The monoisotopic (exact) mass is 1080 g/mol. The van der Waals surface area contributed by atoms with Crippen molar-refractivity contribution in [3.8, 4) is 22.5 Å². The number of amides is 4. The van der Waals surface area contributed by atoms with Crippen molar-refractivity contribution in [2.45, 2.75) is 108 Å². The summed E-state index contributed by atoms with van der Waals surface area (Å²) >= 11 is 3.28. The van der Waals surface area contributed by atoms with E-state index in [1.807, 2.05) is 40.8 Å². The highest BCUT2D eigenvalue weighted by Gasteiger charge is 2.56. The number of ether oxygens (including phenoxy) is 2. The average molecular weight is 1080 g/mol. The van der Waals surface area contributed by atoms with Crippen molar-refractivity contribution in [1.29, 1.82) is 0 Å². The van der Waals surface area contributed by atoms with E-state index in [1.165, 1.54) is 19.8 Å². The standard InChI is InChI=1S/C61H74N8O6S2/c1-8-46(42-16-20-44(21-17-42)50-35-62-54(64-50)52-33-60(26-27-60)37-68(52)56(70)48(24-30-76-6)66-58(72)74-4)41-13-11-9-10-12-40(3)47(32-39(2)14-15-41)43-18-22-45(23-19-43)51-36-63-55(65-51)53-34-61(28-29-61)38-69(53)57(71)49(25-31-77-7)67-59(73)75-5/h8,11,13,16-23,32,35-36,48-49,52-53H,1-3,9-10,12,14-15,24-31,33-34,37-38H2,4-7H3,(H,62,64)(H,63,65)(H,66,72)(H,67,73)/b13-11-,46-41-,47-32+/t48-,49-,52-,53-/m0/s1. The molecule has 5 aliphatic rings. The Hall–Kier alpha value is -6.52. The van der Waals surface area contributed by atoms with Crippen LogP contribution in [0.5, 0.6) is 0 Å². The van der Waals surface area contributed by atoms with Crippen LogP contribution in [0.25, 0.3) is 33.7 Å². The van der Waals surface area contributed by atoms with Crippen LogP contribution in [0.15, 0.2) is 122 Å². The van der Waals surface area contributed by atoms with E-state index < -0.39 is 24.3 Å². The number of allylic oxidation sites excluding steroid dienone is 9. The molecule has 2 aromatic heterocycles. The largest absolute Gasteiger partial charge is 0.453 e. The Kier molecular flexibility index (Phi) is 17.5. The first-order valence-electron chi connectivity index (χ1n) is 27.0. The second-order valence-electron chi connectivity index (χ2n) is 21.6. The summed E-state index contributed by atoms with van der Waals surface area (Å²) < 4.78 is 9.75. The fraction of sp³-hybridized carbons (Fsp3) is 0.443. The maximum atomic E-state index is 14.1. The molecule has 4 amide bonds. The van der Waals surface area contributed by atoms with Crippen molar-refractivity contribution in [2.24, 2.45) is 10.8 Å². The van der Waals surface area contributed by atoms with E-state index in [0.29, 0.717) is 25.9 Å². The smallest absolute Gasteiger partial charge is 0.407 e. The highest BCUT2D eigenvalue weighted by molar-refractivity contribution is 7.98. The van der Waals surface area contributed by atoms with Gasteiger partial charge in [0.05, 0.1) is 37.7 Å². The highest BCUT2D eigenvalue weighted by atomic mass is 32.2. The van der Waals surface area contributed by atoms with Gasteiger partial charge < -0.3 is 39.9 Å². The van der Waals surface area contributed by atoms with Gasteiger partial charge in [-0.05, 0) is 152 Å². The molecular formula is C61H74N8O6S2. The molecule has 9 rings (SSSR count). The molecule has 3 aliphatic carbocycles. The molecule has 4 fully saturated rings. The first kappa shape index (κ1) is 55.2. The average Bonchev–Trinajstić information content (AvgIpc) is 4.03. The molecule has 4 aromatic rings. The van der Waals surface area contributed by atoms with Crippen LogP contribution >= 0.6 is 23.5 Å². The maximum absolute atomic E-state index is 14.1. The molecule has 16 heteroatoms. The molecule has 0 bridgehead atoms. The second-order valence-corrected chi connectivity index (χ2v) is 23.5. The zero-order valence-corrected chi connectivity index (χ0v) is 46.7. The summed E-state index contributed by atoms with van der Waals surface area (Å²) in [5.74, 6) is 2.80. The molecule has 2 aromatic carbocycles. The number of hydrogen-bond donors (Lipinski definition) is 4. The number of benzene rings is 2. The van der Waals surface area contributed by atoms with Gasteiger partial charge in [-0.25, -0.2) is 19.6 Å². The number of likely N-dealkylation sites (tertiary alicyclic amines) is 2. The Labute approximate surface area is 462 Å². The van der Waals surface area contributed by atoms with Gasteiger partial charge in [-0.1, -0.05) is 98.1 Å². The van der Waals surface area contributed by atoms with Crippen LogP contribution in [0.2, 0.25) is 0 Å². The Balaban J connectivity index is 0.874. The van der Waals surface area contributed by atoms with E-state index in [2.05, 4.69) is 107 Å². The van der Waals surface area contributed by atoms with E-state index >= 15 is 0 Å². The Morgan fingerprint density at radius 1 is 0.740 bits per heavy atom. The van der Waals surface area contributed by atoms with E-state index in [9.17, 15) is 19.2 Å². The molecule has 14 nitrogen and oxygen atoms in total. The van der Waals surface area contributed by atoms with Gasteiger partial charge in [-0.2, -0.15) is 23.5 Å². The fourth-order valence-corrected chi connectivity index (χ4v) is 12.3. The number of hydrogen-bond acceptors (Lipinski definition) is 10. The van der Waals surface area contributed by atoms with E-state index in [0.717, 1.165) is 150 Å². The molecule has 406 valence electrons. The number of carbonyl (C=O) groups excluding carboxylic acids is 4. The lowest BCUT2D eigenvalue weighted by molar-refractivity contribution is -0.135. The van der Waals surface area contributed by atoms with E-state index in [1.54, 1.807) is 23.5 Å². The molecule has 2 aliphatic heterocycles. The summed E-state index contributed by atoms with van der Waals surface area (Å²) in [5, 5.41) is 5.58. The van der Waals surface area contributed by atoms with Crippen molar-refractivity contribution < 1.29 is 28.7 Å². The molecule has 2 saturated heterocycles. The third-order valence-corrected chi connectivity index (χ3v) is 17.5. The Bertz CT molecular complexity index is 2950. The van der Waals surface area contributed by atoms with Crippen molar-refractivity contribution >= 4 is 58.7 Å². The predicted molar refractivity (Wildman–Crippen MR) is 310 cm³/mol. The number of alkyl carbamates (subject to hydrolysis) is 2. The summed E-state index contributed by atoms with van der Waals surface area (Å²) in [4.78, 5) is 73.5. The van der Waals surface area contributed by atoms with E-state index in [-0.39, 0.29) is 34.7 Å². The number of rotatable bonds is 17. The number of nitrogens with one attached hydrogen (secondary N) is 4. The van der Waals surface area contributed by atoms with Gasteiger partial charge in [0, 0.05) is 36.6 Å². The molecule has 0 radical (unpaired) electrons. The van der Waals surface area contributed by atoms with Crippen LogP contribution in [0.1, 0.15) is 118 Å². The third-order valence-electron chi connectivity index (χ3n) is 16.2. The SMILES string of the molecule is C=C/C(=C1\C=C/CCCC(=C)/C(c2ccc(-c3c[nH]c([C@@H]4CC5(CC5)CN4C(=O)[C@H](CCSC)NC(=O)OC)n3)cc2)=C\C(=C)CC1)c1ccc(-c2c[nH]c([C@@H]3CC4(CC4)CN3C(=O)[C@H](CCSC)NC(=O)OC)n2)cc1. The Morgan fingerprint density at radius 2 is 1.23 bits per heavy atom. The zero-order valence-electron chi connectivity index (χ0n) is 45.1. The number of methoxy groups -OCH3 is 2. The minimum Gasteiger partial charge on any atom is -0.453 e. The van der Waals surface area contributed by atoms with Crippen molar-refractivity contribution in [3.63, 3.8) is 0 Å². The number of aromatic nitrogens is 4. The molecule has 77 heavy (non-hydrogen) atoms. The Morgan fingerprint density at radius 3 is 1.70 bits per heavy atom. The number of imidazole rings is 2. The number of carbonyl (C=O) groups is 4. The molecule has 0 unspecified atom stereocenters. The van der Waals surface area contributed by atoms with Gasteiger partial charge >= 0.3 is 12.2 Å². The minimum atomic E-state index is -0.667. The number of aromatic amines is 2. The van der Waals surface area contributed by atoms with Crippen LogP contribution in [0, 0.1) is 10.8 Å². The second kappa shape index (κ2) is 24.4. The first-order chi connectivity index (χ1) is 37.3. The minimum absolute atomic E-state index is 0.0933. The van der Waals surface area contributed by atoms with Crippen molar-refractivity contribution in [3.05, 3.63) is 144 Å². The lowest BCUT2D eigenvalue weighted by atomic mass is 9.89. The van der Waals surface area contributed by atoms with Crippen molar-refractivity contribution in [2.75, 3.05) is 51.3 Å². The van der Waals surface area contributed by atoms with Crippen LogP contribution in [0.4, 0.5) is 9.59 Å². The van der Waals surface area contributed by atoms with Crippen molar-refractivity contribution in [1.82, 2.24) is 40.4 Å². The molecular weight excluding hydrogens is 1000 g/mol. The van der Waals surface area contributed by atoms with Crippen LogP contribution in [0.3, 0.4) is 0 Å². The summed E-state index contributed by atoms with van der Waals surface area (Å²) in [6, 6.07) is 15.2. The van der Waals surface area contributed by atoms with Crippen LogP contribution in [-0.2, 0) is 19.1 Å². The molecule has 2 spiro atoms. The first-order valence-corrected chi connectivity index (χ1v) is 29.8. The summed E-state index contributed by atoms with van der Waals surface area (Å²) in [6.45, 7) is 14.7. The lowest BCUT2D eigenvalue weighted by Crippen LogP contribution is -2.49. The highest BCUT2D eigenvalue weighted by Crippen LogP contribution is 2.59. The number of H-pyrrole nitrogens is 2. The maximum Gasteiger partial charge on any atom is 0.407 e. The molecule has 4 atom stereocenters. The summed E-state index contributed by atoms with van der Waals surface area (Å²) in [6.07, 6.45) is 26.5. The lowest BCUT2D eigenvalue weighted by Gasteiger charge is -2.28. The van der Waals surface area contributed by atoms with Gasteiger partial charge in [-0.3, -0.25) is 9.59 Å². The van der Waals surface area contributed by atoms with Crippen LogP contribution < -0.4 is 10.6 Å². The normalized spacial score (nSPS) is 22.3. The molecule has 2 saturated carbocycles. The van der Waals surface area contributed by atoms with Gasteiger partial charge in [0.15, 0.2) is 0 Å². The van der Waals surface area contributed by atoms with Gasteiger partial charge in [-0.15, -0.1) is 0 Å². The van der Waals surface area contributed by atoms with Crippen LogP contribution in [-0.4, -0.2) is 117 Å². The predicted octanol–water partition coefficient (Wildman–Crippen LogP) is 12.2.